The molecule has 0 aromatic carbocycles. The van der Waals surface area contributed by atoms with Crippen LogP contribution in [0, 0.1) is 25.5 Å². The van der Waals surface area contributed by atoms with E-state index >= 15 is 0 Å². The standard InChI is InChI=1S/C15H16N2O2S2/c1-7-5-6-11(19-7)9(3)17-14(18)12-8(2)10(4)21-13(12)16-15(17)20/h5-6,9H,1-4H3,(H,16,20). The molecule has 0 bridgehead atoms. The minimum Gasteiger partial charge on any atom is -0.464 e. The first-order chi connectivity index (χ1) is 9.90. The van der Waals surface area contributed by atoms with E-state index in [0.717, 1.165) is 32.2 Å². The first-order valence-electron chi connectivity index (χ1n) is 6.71. The molecule has 21 heavy (non-hydrogen) atoms. The third kappa shape index (κ3) is 2.18. The molecule has 4 nitrogen and oxygen atoms in total. The largest absolute Gasteiger partial charge is 0.464 e. The van der Waals surface area contributed by atoms with E-state index in [0.29, 0.717) is 4.77 Å². The fraction of sp³-hybridized carbons (Fsp3) is 0.333. The van der Waals surface area contributed by atoms with E-state index < -0.39 is 0 Å². The van der Waals surface area contributed by atoms with Crippen molar-refractivity contribution >= 4 is 33.8 Å². The highest BCUT2D eigenvalue weighted by Crippen LogP contribution is 2.27. The minimum absolute atomic E-state index is 0.0582. The van der Waals surface area contributed by atoms with Gasteiger partial charge < -0.3 is 9.40 Å². The molecule has 3 aromatic rings. The van der Waals surface area contributed by atoms with Crippen LogP contribution in [0.5, 0.6) is 0 Å². The number of fused-ring (bicyclic) bond motifs is 1. The van der Waals surface area contributed by atoms with Gasteiger partial charge in [0.05, 0.1) is 11.4 Å². The Morgan fingerprint density at radius 1 is 1.33 bits per heavy atom. The normalized spacial score (nSPS) is 13.0. The maximum absolute atomic E-state index is 12.8. The zero-order valence-corrected chi connectivity index (χ0v) is 13.9. The number of H-pyrrole nitrogens is 1. The summed E-state index contributed by atoms with van der Waals surface area (Å²) in [5.74, 6) is 1.56. The van der Waals surface area contributed by atoms with E-state index in [1.165, 1.54) is 0 Å². The second-order valence-corrected chi connectivity index (χ2v) is 6.83. The smallest absolute Gasteiger partial charge is 0.263 e. The second kappa shape index (κ2) is 4.96. The lowest BCUT2D eigenvalue weighted by Gasteiger charge is -2.13. The molecule has 3 heterocycles. The van der Waals surface area contributed by atoms with Crippen LogP contribution in [-0.2, 0) is 0 Å². The summed E-state index contributed by atoms with van der Waals surface area (Å²) >= 11 is 6.94. The summed E-state index contributed by atoms with van der Waals surface area (Å²) in [5, 5.41) is 0.723. The summed E-state index contributed by atoms with van der Waals surface area (Å²) in [4.78, 5) is 18.0. The zero-order chi connectivity index (χ0) is 15.3. The van der Waals surface area contributed by atoms with E-state index in [-0.39, 0.29) is 11.6 Å². The third-order valence-electron chi connectivity index (χ3n) is 3.82. The van der Waals surface area contributed by atoms with Crippen LogP contribution >= 0.6 is 23.6 Å². The molecule has 3 aromatic heterocycles. The summed E-state index contributed by atoms with van der Waals surface area (Å²) < 4.78 is 7.66. The van der Waals surface area contributed by atoms with Crippen molar-refractivity contribution in [2.75, 3.05) is 0 Å². The van der Waals surface area contributed by atoms with Crippen LogP contribution in [0.3, 0.4) is 0 Å². The third-order valence-corrected chi connectivity index (χ3v) is 5.24. The van der Waals surface area contributed by atoms with Crippen molar-refractivity contribution in [1.82, 2.24) is 9.55 Å². The minimum atomic E-state index is -0.237. The SMILES string of the molecule is Cc1ccc(C(C)n2c(=S)[nH]c3sc(C)c(C)c3c2=O)o1. The van der Waals surface area contributed by atoms with Gasteiger partial charge in [-0.3, -0.25) is 9.36 Å². The molecule has 0 radical (unpaired) electrons. The van der Waals surface area contributed by atoms with Crippen molar-refractivity contribution in [3.8, 4) is 0 Å². The molecular weight excluding hydrogens is 304 g/mol. The number of rotatable bonds is 2. The van der Waals surface area contributed by atoms with Gasteiger partial charge in [-0.05, 0) is 57.6 Å². The number of nitrogens with one attached hydrogen (secondary N) is 1. The Morgan fingerprint density at radius 3 is 2.67 bits per heavy atom. The van der Waals surface area contributed by atoms with Crippen molar-refractivity contribution in [1.29, 1.82) is 0 Å². The molecular formula is C15H16N2O2S2. The van der Waals surface area contributed by atoms with E-state index in [1.807, 2.05) is 39.8 Å². The summed E-state index contributed by atoms with van der Waals surface area (Å²) in [5.41, 5.74) is 0.958. The number of nitrogens with zero attached hydrogens (tertiary/aromatic N) is 1. The van der Waals surface area contributed by atoms with Crippen molar-refractivity contribution in [2.45, 2.75) is 33.7 Å². The Balaban J connectivity index is 2.30. The second-order valence-electron chi connectivity index (χ2n) is 5.22. The van der Waals surface area contributed by atoms with Gasteiger partial charge in [0.25, 0.3) is 5.56 Å². The van der Waals surface area contributed by atoms with Crippen LogP contribution in [0.2, 0.25) is 0 Å². The maximum atomic E-state index is 12.8. The highest BCUT2D eigenvalue weighted by atomic mass is 32.1. The molecule has 0 saturated carbocycles. The van der Waals surface area contributed by atoms with Crippen molar-refractivity contribution in [3.63, 3.8) is 0 Å². The van der Waals surface area contributed by atoms with Gasteiger partial charge in [0.1, 0.15) is 16.4 Å². The molecule has 1 N–H and O–H groups in total. The number of aromatic amines is 1. The molecule has 0 aliphatic carbocycles. The lowest BCUT2D eigenvalue weighted by Crippen LogP contribution is -2.25. The summed E-state index contributed by atoms with van der Waals surface area (Å²) in [7, 11) is 0. The fourth-order valence-electron chi connectivity index (χ4n) is 2.50. The Bertz CT molecular complexity index is 943. The average molecular weight is 320 g/mol. The Morgan fingerprint density at radius 2 is 2.05 bits per heavy atom. The molecule has 1 unspecified atom stereocenters. The van der Waals surface area contributed by atoms with Gasteiger partial charge in [-0.1, -0.05) is 0 Å². The summed E-state index contributed by atoms with van der Waals surface area (Å²) in [6.07, 6.45) is 0. The monoisotopic (exact) mass is 320 g/mol. The van der Waals surface area contributed by atoms with Crippen LogP contribution in [0.4, 0.5) is 0 Å². The number of thiophene rings is 1. The summed E-state index contributed by atoms with van der Waals surface area (Å²) in [6, 6.07) is 3.54. The number of hydrogen-bond acceptors (Lipinski definition) is 4. The van der Waals surface area contributed by atoms with Crippen LogP contribution in [-0.4, -0.2) is 9.55 Å². The highest BCUT2D eigenvalue weighted by molar-refractivity contribution is 7.71. The van der Waals surface area contributed by atoms with Crippen LogP contribution in [0.1, 0.15) is 34.9 Å². The predicted molar refractivity (Wildman–Crippen MR) is 88.0 cm³/mol. The molecule has 0 amide bonds. The van der Waals surface area contributed by atoms with Crippen molar-refractivity contribution in [3.05, 3.63) is 49.2 Å². The number of hydrogen-bond donors (Lipinski definition) is 1. The van der Waals surface area contributed by atoms with Gasteiger partial charge in [0.15, 0.2) is 4.77 Å². The van der Waals surface area contributed by atoms with E-state index in [9.17, 15) is 4.79 Å². The Labute approximate surface area is 131 Å². The van der Waals surface area contributed by atoms with Gasteiger partial charge in [-0.25, -0.2) is 0 Å². The first-order valence-corrected chi connectivity index (χ1v) is 7.93. The molecule has 0 aliphatic heterocycles. The predicted octanol–water partition coefficient (Wildman–Crippen LogP) is 4.25. The molecule has 1 atom stereocenters. The van der Waals surface area contributed by atoms with Crippen LogP contribution < -0.4 is 5.56 Å². The molecule has 0 fully saturated rings. The van der Waals surface area contributed by atoms with Crippen molar-refractivity contribution in [2.24, 2.45) is 0 Å². The molecule has 3 rings (SSSR count). The fourth-order valence-corrected chi connectivity index (χ4v) is 3.96. The van der Waals surface area contributed by atoms with E-state index in [2.05, 4.69) is 4.98 Å². The van der Waals surface area contributed by atoms with Gasteiger partial charge in [-0.2, -0.15) is 0 Å². The van der Waals surface area contributed by atoms with Crippen LogP contribution in [0.25, 0.3) is 10.2 Å². The van der Waals surface area contributed by atoms with Crippen LogP contribution in [0.15, 0.2) is 21.3 Å². The average Bonchev–Trinajstić information content (AvgIpc) is 2.95. The summed E-state index contributed by atoms with van der Waals surface area (Å²) in [6.45, 7) is 7.79. The highest BCUT2D eigenvalue weighted by Gasteiger charge is 2.19. The number of furan rings is 1. The molecule has 0 saturated heterocycles. The zero-order valence-electron chi connectivity index (χ0n) is 12.3. The van der Waals surface area contributed by atoms with Gasteiger partial charge in [0.2, 0.25) is 0 Å². The van der Waals surface area contributed by atoms with Gasteiger partial charge in [0, 0.05) is 4.88 Å². The number of aromatic nitrogens is 2. The lowest BCUT2D eigenvalue weighted by atomic mass is 10.2. The lowest BCUT2D eigenvalue weighted by molar-refractivity contribution is 0.421. The first kappa shape index (κ1) is 14.3. The number of aryl methyl sites for hydroxylation is 3. The Hall–Kier alpha value is -1.66. The van der Waals surface area contributed by atoms with Crippen molar-refractivity contribution < 1.29 is 4.42 Å². The van der Waals surface area contributed by atoms with Gasteiger partial charge >= 0.3 is 0 Å². The van der Waals surface area contributed by atoms with Gasteiger partial charge in [-0.15, -0.1) is 11.3 Å². The Kier molecular flexibility index (Phi) is 3.37. The molecule has 0 spiro atoms. The quantitative estimate of drug-likeness (QED) is 0.718. The molecule has 0 aliphatic rings. The van der Waals surface area contributed by atoms with E-state index in [4.69, 9.17) is 16.6 Å². The van der Waals surface area contributed by atoms with E-state index in [1.54, 1.807) is 15.9 Å². The topological polar surface area (TPSA) is 50.9 Å². The maximum Gasteiger partial charge on any atom is 0.263 e. The molecule has 110 valence electrons. The molecule has 6 heteroatoms.